The molecule has 1 saturated heterocycles. The van der Waals surface area contributed by atoms with Crippen LogP contribution in [0, 0.1) is 11.8 Å². The number of rotatable bonds is 14. The lowest BCUT2D eigenvalue weighted by Crippen LogP contribution is -2.28. The van der Waals surface area contributed by atoms with Crippen LogP contribution in [-0.2, 0) is 21.0 Å². The zero-order chi connectivity index (χ0) is 23.0. The largest absolute Gasteiger partial charge is 0.310 e. The molecule has 1 saturated carbocycles. The van der Waals surface area contributed by atoms with Crippen LogP contribution in [-0.4, -0.2) is 31.1 Å². The Morgan fingerprint density at radius 1 is 1.12 bits per heavy atom. The molecule has 4 heteroatoms. The SMILES string of the molecule is C=CC[C@@H]1C(/C=C/CCCc2ccccc2)[C@H]2C[C@@H]1OO2.CCCCCC(=O)CNCC. The Hall–Kier alpha value is -1.75. The van der Waals surface area contributed by atoms with Gasteiger partial charge < -0.3 is 5.32 Å². The van der Waals surface area contributed by atoms with Gasteiger partial charge in [-0.1, -0.05) is 75.2 Å². The topological polar surface area (TPSA) is 47.6 Å². The number of hydrogen-bond donors (Lipinski definition) is 1. The molecule has 1 aromatic rings. The minimum Gasteiger partial charge on any atom is -0.310 e. The Labute approximate surface area is 195 Å². The molecular weight excluding hydrogens is 398 g/mol. The number of allylic oxidation sites excluding steroid dienone is 2. The van der Waals surface area contributed by atoms with Gasteiger partial charge in [0.2, 0.25) is 0 Å². The second-order valence-corrected chi connectivity index (χ2v) is 8.85. The van der Waals surface area contributed by atoms with Crippen molar-refractivity contribution in [3.63, 3.8) is 0 Å². The van der Waals surface area contributed by atoms with E-state index in [-0.39, 0.29) is 12.2 Å². The van der Waals surface area contributed by atoms with Crippen LogP contribution in [0.1, 0.15) is 70.8 Å². The van der Waals surface area contributed by atoms with E-state index in [0.717, 1.165) is 45.1 Å². The lowest BCUT2D eigenvalue weighted by atomic mass is 9.89. The number of nitrogens with one attached hydrogen (secondary N) is 1. The summed E-state index contributed by atoms with van der Waals surface area (Å²) in [4.78, 5) is 21.7. The van der Waals surface area contributed by atoms with Gasteiger partial charge in [0.1, 0.15) is 11.9 Å². The Morgan fingerprint density at radius 3 is 2.62 bits per heavy atom. The molecule has 0 aromatic heterocycles. The van der Waals surface area contributed by atoms with Crippen LogP contribution >= 0.6 is 0 Å². The second kappa shape index (κ2) is 16.0. The van der Waals surface area contributed by atoms with Crippen molar-refractivity contribution in [3.8, 4) is 0 Å². The highest BCUT2D eigenvalue weighted by atomic mass is 17.2. The molecule has 2 aliphatic rings. The van der Waals surface area contributed by atoms with Crippen LogP contribution in [0.25, 0.3) is 0 Å². The normalized spacial score (nSPS) is 23.8. The van der Waals surface area contributed by atoms with Crippen LogP contribution in [0.3, 0.4) is 0 Å². The average Bonchev–Trinajstić information content (AvgIpc) is 3.41. The smallest absolute Gasteiger partial charge is 0.146 e. The molecule has 0 amide bonds. The van der Waals surface area contributed by atoms with Crippen molar-refractivity contribution in [2.75, 3.05) is 13.1 Å². The summed E-state index contributed by atoms with van der Waals surface area (Å²) in [5.41, 5.74) is 1.42. The first-order chi connectivity index (χ1) is 15.7. The summed E-state index contributed by atoms with van der Waals surface area (Å²) >= 11 is 0. The van der Waals surface area contributed by atoms with Gasteiger partial charge in [-0.25, -0.2) is 9.78 Å². The maximum absolute atomic E-state index is 11.0. The zero-order valence-corrected chi connectivity index (χ0v) is 20.1. The fourth-order valence-electron chi connectivity index (χ4n) is 4.46. The van der Waals surface area contributed by atoms with E-state index in [1.165, 1.54) is 24.8 Å². The van der Waals surface area contributed by atoms with Gasteiger partial charge in [0.05, 0.1) is 12.6 Å². The van der Waals surface area contributed by atoms with Crippen molar-refractivity contribution in [2.24, 2.45) is 11.8 Å². The second-order valence-electron chi connectivity index (χ2n) is 8.85. The molecule has 1 heterocycles. The van der Waals surface area contributed by atoms with Crippen LogP contribution in [0.2, 0.25) is 0 Å². The Balaban J connectivity index is 0.000000282. The van der Waals surface area contributed by atoms with E-state index in [1.54, 1.807) is 0 Å². The lowest BCUT2D eigenvalue weighted by molar-refractivity contribution is -0.336. The molecule has 178 valence electrons. The van der Waals surface area contributed by atoms with Crippen LogP contribution in [0.5, 0.6) is 0 Å². The number of aryl methyl sites for hydroxylation is 1. The highest BCUT2D eigenvalue weighted by Gasteiger charge is 2.48. The zero-order valence-electron chi connectivity index (χ0n) is 20.1. The first kappa shape index (κ1) is 26.5. The van der Waals surface area contributed by atoms with Crippen molar-refractivity contribution < 1.29 is 14.6 Å². The van der Waals surface area contributed by atoms with Gasteiger partial charge in [-0.15, -0.1) is 6.58 Å². The summed E-state index contributed by atoms with van der Waals surface area (Å²) < 4.78 is 0. The van der Waals surface area contributed by atoms with E-state index in [2.05, 4.69) is 61.3 Å². The van der Waals surface area contributed by atoms with Crippen LogP contribution in [0.15, 0.2) is 55.1 Å². The lowest BCUT2D eigenvalue weighted by Gasteiger charge is -2.27. The number of hydrogen-bond acceptors (Lipinski definition) is 4. The molecule has 1 aliphatic carbocycles. The molecule has 1 N–H and O–H groups in total. The van der Waals surface area contributed by atoms with E-state index < -0.39 is 0 Å². The van der Waals surface area contributed by atoms with E-state index in [4.69, 9.17) is 9.78 Å². The van der Waals surface area contributed by atoms with Gasteiger partial charge in [0.25, 0.3) is 0 Å². The van der Waals surface area contributed by atoms with Crippen LogP contribution in [0.4, 0.5) is 0 Å². The maximum Gasteiger partial charge on any atom is 0.146 e. The van der Waals surface area contributed by atoms with E-state index in [0.29, 0.717) is 24.2 Å². The van der Waals surface area contributed by atoms with E-state index >= 15 is 0 Å². The minimum atomic E-state index is 0.255. The van der Waals surface area contributed by atoms with Crippen molar-refractivity contribution in [1.82, 2.24) is 5.32 Å². The highest BCUT2D eigenvalue weighted by molar-refractivity contribution is 5.80. The van der Waals surface area contributed by atoms with E-state index in [9.17, 15) is 4.79 Å². The number of fused-ring (bicyclic) bond motifs is 2. The van der Waals surface area contributed by atoms with Crippen molar-refractivity contribution in [2.45, 2.75) is 83.8 Å². The molecule has 2 fully saturated rings. The molecule has 4 atom stereocenters. The molecule has 1 unspecified atom stereocenters. The number of ketones is 1. The predicted molar refractivity (Wildman–Crippen MR) is 132 cm³/mol. The average molecular weight is 442 g/mol. The number of unbranched alkanes of at least 4 members (excludes halogenated alkanes) is 3. The van der Waals surface area contributed by atoms with Crippen molar-refractivity contribution in [3.05, 3.63) is 60.7 Å². The summed E-state index contributed by atoms with van der Waals surface area (Å²) in [6, 6.07) is 10.7. The van der Waals surface area contributed by atoms with Crippen molar-refractivity contribution in [1.29, 1.82) is 0 Å². The van der Waals surface area contributed by atoms with Gasteiger partial charge >= 0.3 is 0 Å². The molecule has 32 heavy (non-hydrogen) atoms. The number of Topliss-reactive ketones (excluding diaryl/α,β-unsaturated/α-hetero) is 1. The summed E-state index contributed by atoms with van der Waals surface area (Å²) in [5.74, 6) is 1.39. The number of benzene rings is 1. The summed E-state index contributed by atoms with van der Waals surface area (Å²) in [6.07, 6.45) is 16.9. The third kappa shape index (κ3) is 9.40. The van der Waals surface area contributed by atoms with Crippen LogP contribution < -0.4 is 5.32 Å². The van der Waals surface area contributed by atoms with Crippen molar-refractivity contribution >= 4 is 5.78 Å². The first-order valence-corrected chi connectivity index (χ1v) is 12.6. The predicted octanol–water partition coefficient (Wildman–Crippen LogP) is 6.22. The number of carbonyl (C=O) groups is 1. The fourth-order valence-corrected chi connectivity index (χ4v) is 4.46. The highest BCUT2D eigenvalue weighted by Crippen LogP contribution is 2.44. The monoisotopic (exact) mass is 441 g/mol. The number of likely N-dealkylation sites (N-methyl/N-ethyl adjacent to an activating group) is 1. The van der Waals surface area contributed by atoms with Gasteiger partial charge in [-0.3, -0.25) is 4.79 Å². The van der Waals surface area contributed by atoms with E-state index in [1.807, 2.05) is 13.0 Å². The standard InChI is InChI=1S/C19H24O2.C9H19NO/c1-2-9-16-17(19-14-18(16)20-21-19)13-8-4-7-12-15-10-5-3-6-11-15;1-3-5-6-7-9(11)8-10-4-2/h2-3,5-6,8,10-11,13,16-19H,1,4,7,9,12,14H2;10H,3-8H2,1-2H3/b13-8+;/t16-,17?,18+,19-;/m1./s1. The first-order valence-electron chi connectivity index (χ1n) is 12.6. The molecule has 0 spiro atoms. The Bertz CT molecular complexity index is 673. The molecule has 1 aliphatic heterocycles. The Kier molecular flexibility index (Phi) is 13.2. The third-order valence-electron chi connectivity index (χ3n) is 6.28. The number of carbonyl (C=O) groups excluding carboxylic acids is 1. The fraction of sp³-hybridized carbons (Fsp3) is 0.607. The summed E-state index contributed by atoms with van der Waals surface area (Å²) in [7, 11) is 0. The summed E-state index contributed by atoms with van der Waals surface area (Å²) in [5, 5.41) is 3.03. The molecule has 2 bridgehead atoms. The van der Waals surface area contributed by atoms with Gasteiger partial charge in [-0.05, 0) is 44.2 Å². The summed E-state index contributed by atoms with van der Waals surface area (Å²) in [6.45, 7) is 9.47. The molecule has 4 nitrogen and oxygen atoms in total. The molecule has 3 rings (SSSR count). The van der Waals surface area contributed by atoms with Gasteiger partial charge in [0.15, 0.2) is 0 Å². The van der Waals surface area contributed by atoms with Gasteiger partial charge in [0, 0.05) is 24.7 Å². The minimum absolute atomic E-state index is 0.255. The molecule has 1 aromatic carbocycles. The third-order valence-corrected chi connectivity index (χ3v) is 6.28. The quantitative estimate of drug-likeness (QED) is 0.211. The molecular formula is C28H43NO3. The van der Waals surface area contributed by atoms with Gasteiger partial charge in [-0.2, -0.15) is 0 Å². The molecule has 0 radical (unpaired) electrons. The maximum atomic E-state index is 11.0. The Morgan fingerprint density at radius 2 is 1.91 bits per heavy atom.